The molecule has 1 amide bonds. The molecule has 0 radical (unpaired) electrons. The Bertz CT molecular complexity index is 942. The number of nitrogens with zero attached hydrogens (tertiary/aromatic N) is 2. The number of nitrogens with one attached hydrogen (secondary N) is 1. The van der Waals surface area contributed by atoms with Crippen LogP contribution < -0.4 is 10.9 Å². The molecule has 3 rings (SSSR count). The quantitative estimate of drug-likeness (QED) is 0.757. The van der Waals surface area contributed by atoms with Gasteiger partial charge in [-0.15, -0.1) is 11.3 Å². The summed E-state index contributed by atoms with van der Waals surface area (Å²) in [7, 11) is 0. The highest BCUT2D eigenvalue weighted by Crippen LogP contribution is 2.24. The van der Waals surface area contributed by atoms with Crippen molar-refractivity contribution in [3.63, 3.8) is 0 Å². The van der Waals surface area contributed by atoms with Crippen LogP contribution in [-0.4, -0.2) is 33.0 Å². The van der Waals surface area contributed by atoms with Gasteiger partial charge in [-0.2, -0.15) is 0 Å². The maximum atomic E-state index is 12.7. The molecule has 1 aromatic carbocycles. The predicted octanol–water partition coefficient (Wildman–Crippen LogP) is 1.84. The zero-order chi connectivity index (χ0) is 17.3. The first-order valence-corrected chi connectivity index (χ1v) is 8.38. The van der Waals surface area contributed by atoms with E-state index in [1.165, 1.54) is 21.9 Å². The molecule has 0 aliphatic rings. The summed E-state index contributed by atoms with van der Waals surface area (Å²) in [6.45, 7) is 3.63. The summed E-state index contributed by atoms with van der Waals surface area (Å²) in [4.78, 5) is 29.6. The number of aliphatic hydroxyl groups is 1. The topological polar surface area (TPSA) is 83.7 Å². The van der Waals surface area contributed by atoms with Crippen molar-refractivity contribution < 1.29 is 9.90 Å². The van der Waals surface area contributed by atoms with E-state index in [0.717, 1.165) is 11.1 Å². The number of hydrogen-bond donors (Lipinski definition) is 2. The minimum atomic E-state index is -0.683. The molecule has 3 aromatic rings. The Kier molecular flexibility index (Phi) is 4.46. The fourth-order valence-electron chi connectivity index (χ4n) is 2.31. The lowest BCUT2D eigenvalue weighted by Gasteiger charge is -2.07. The third-order valence-electron chi connectivity index (χ3n) is 3.60. The first kappa shape index (κ1) is 16.4. The van der Waals surface area contributed by atoms with Crippen LogP contribution in [0.5, 0.6) is 0 Å². The molecule has 0 spiro atoms. The van der Waals surface area contributed by atoms with Gasteiger partial charge in [-0.3, -0.25) is 14.0 Å². The number of aliphatic hydroxyl groups excluding tert-OH is 1. The SMILES string of the molecule is Cc1ccc(-c2csc3ncc(C(=O)NCC(C)O)c(=O)n23)cc1. The van der Waals surface area contributed by atoms with Crippen molar-refractivity contribution >= 4 is 22.2 Å². The van der Waals surface area contributed by atoms with Crippen LogP contribution in [0, 0.1) is 6.92 Å². The number of carbonyl (C=O) groups is 1. The largest absolute Gasteiger partial charge is 0.392 e. The number of aromatic nitrogens is 2. The Hall–Kier alpha value is -2.51. The van der Waals surface area contributed by atoms with Crippen LogP contribution in [0.2, 0.25) is 0 Å². The lowest BCUT2D eigenvalue weighted by Crippen LogP contribution is -2.35. The van der Waals surface area contributed by atoms with Crippen molar-refractivity contribution in [3.8, 4) is 11.3 Å². The highest BCUT2D eigenvalue weighted by Gasteiger charge is 2.17. The van der Waals surface area contributed by atoms with Crippen LogP contribution in [0.1, 0.15) is 22.8 Å². The van der Waals surface area contributed by atoms with Crippen LogP contribution in [0.4, 0.5) is 0 Å². The second-order valence-corrected chi connectivity index (χ2v) is 6.48. The summed E-state index contributed by atoms with van der Waals surface area (Å²) >= 11 is 1.35. The number of fused-ring (bicyclic) bond motifs is 1. The van der Waals surface area contributed by atoms with Crippen molar-refractivity contribution in [3.05, 3.63) is 57.3 Å². The Morgan fingerprint density at radius 3 is 2.75 bits per heavy atom. The van der Waals surface area contributed by atoms with Gasteiger partial charge in [0.2, 0.25) is 0 Å². The standard InChI is InChI=1S/C17H17N3O3S/c1-10-3-5-12(6-4-10)14-9-24-17-19-8-13(16(23)20(14)17)15(22)18-7-11(2)21/h3-6,8-9,11,21H,7H2,1-2H3,(H,18,22). The number of amides is 1. The van der Waals surface area contributed by atoms with E-state index >= 15 is 0 Å². The molecule has 2 aromatic heterocycles. The number of hydrogen-bond acceptors (Lipinski definition) is 5. The van der Waals surface area contributed by atoms with Gasteiger partial charge in [-0.25, -0.2) is 4.98 Å². The third-order valence-corrected chi connectivity index (χ3v) is 4.44. The maximum absolute atomic E-state index is 12.7. The first-order chi connectivity index (χ1) is 11.5. The number of rotatable bonds is 4. The highest BCUT2D eigenvalue weighted by atomic mass is 32.1. The molecule has 7 heteroatoms. The predicted molar refractivity (Wildman–Crippen MR) is 93.5 cm³/mol. The molecule has 6 nitrogen and oxygen atoms in total. The van der Waals surface area contributed by atoms with Gasteiger partial charge < -0.3 is 10.4 Å². The molecule has 2 heterocycles. The number of aryl methyl sites for hydroxylation is 1. The van der Waals surface area contributed by atoms with Gasteiger partial charge in [0, 0.05) is 18.1 Å². The smallest absolute Gasteiger partial charge is 0.271 e. The molecule has 24 heavy (non-hydrogen) atoms. The summed E-state index contributed by atoms with van der Waals surface area (Å²) in [6.07, 6.45) is 0.599. The van der Waals surface area contributed by atoms with Crippen molar-refractivity contribution in [1.82, 2.24) is 14.7 Å². The van der Waals surface area contributed by atoms with Gasteiger partial charge >= 0.3 is 0 Å². The van der Waals surface area contributed by atoms with Gasteiger partial charge in [0.15, 0.2) is 4.96 Å². The Balaban J connectivity index is 2.08. The zero-order valence-electron chi connectivity index (χ0n) is 13.3. The summed E-state index contributed by atoms with van der Waals surface area (Å²) < 4.78 is 1.45. The zero-order valence-corrected chi connectivity index (χ0v) is 14.1. The van der Waals surface area contributed by atoms with E-state index in [2.05, 4.69) is 10.3 Å². The van der Waals surface area contributed by atoms with Crippen molar-refractivity contribution in [2.45, 2.75) is 20.0 Å². The molecule has 1 atom stereocenters. The molecular weight excluding hydrogens is 326 g/mol. The minimum absolute atomic E-state index is 0.0417. The van der Waals surface area contributed by atoms with Gasteiger partial charge in [0.05, 0.1) is 11.8 Å². The average Bonchev–Trinajstić information content (AvgIpc) is 2.98. The molecule has 0 aliphatic carbocycles. The summed E-state index contributed by atoms with van der Waals surface area (Å²) in [5.74, 6) is -0.538. The summed E-state index contributed by atoms with van der Waals surface area (Å²) in [5.41, 5.74) is 2.26. The van der Waals surface area contributed by atoms with E-state index in [0.29, 0.717) is 10.7 Å². The molecule has 1 unspecified atom stereocenters. The van der Waals surface area contributed by atoms with E-state index in [-0.39, 0.29) is 12.1 Å². The second kappa shape index (κ2) is 6.54. The molecule has 0 bridgehead atoms. The molecule has 0 fully saturated rings. The second-order valence-electron chi connectivity index (χ2n) is 5.64. The minimum Gasteiger partial charge on any atom is -0.392 e. The van der Waals surface area contributed by atoms with Crippen LogP contribution in [-0.2, 0) is 0 Å². The fourth-order valence-corrected chi connectivity index (χ4v) is 3.17. The highest BCUT2D eigenvalue weighted by molar-refractivity contribution is 7.15. The Morgan fingerprint density at radius 2 is 2.08 bits per heavy atom. The van der Waals surface area contributed by atoms with E-state index in [1.807, 2.05) is 36.6 Å². The van der Waals surface area contributed by atoms with E-state index < -0.39 is 17.6 Å². The number of carbonyl (C=O) groups excluding carboxylic acids is 1. The first-order valence-electron chi connectivity index (χ1n) is 7.50. The molecular formula is C17H17N3O3S. The van der Waals surface area contributed by atoms with Crippen molar-refractivity contribution in [2.75, 3.05) is 6.54 Å². The van der Waals surface area contributed by atoms with Gasteiger partial charge in [-0.1, -0.05) is 29.8 Å². The van der Waals surface area contributed by atoms with E-state index in [4.69, 9.17) is 0 Å². The molecule has 0 saturated heterocycles. The molecule has 0 saturated carbocycles. The van der Waals surface area contributed by atoms with Gasteiger partial charge in [-0.05, 0) is 19.4 Å². The van der Waals surface area contributed by atoms with Crippen molar-refractivity contribution in [2.24, 2.45) is 0 Å². The Morgan fingerprint density at radius 1 is 1.38 bits per heavy atom. The van der Waals surface area contributed by atoms with E-state index in [9.17, 15) is 14.7 Å². The number of thiazole rings is 1. The van der Waals surface area contributed by atoms with Crippen molar-refractivity contribution in [1.29, 1.82) is 0 Å². The number of benzene rings is 1. The third kappa shape index (κ3) is 3.08. The summed E-state index contributed by atoms with van der Waals surface area (Å²) in [6, 6.07) is 7.81. The van der Waals surface area contributed by atoms with E-state index in [1.54, 1.807) is 6.92 Å². The monoisotopic (exact) mass is 343 g/mol. The maximum Gasteiger partial charge on any atom is 0.271 e. The lowest BCUT2D eigenvalue weighted by atomic mass is 10.1. The average molecular weight is 343 g/mol. The lowest BCUT2D eigenvalue weighted by molar-refractivity contribution is 0.0922. The summed E-state index contributed by atoms with van der Waals surface area (Å²) in [5, 5.41) is 13.6. The van der Waals surface area contributed by atoms with Crippen LogP contribution in [0.15, 0.2) is 40.6 Å². The Labute approximate surface area is 142 Å². The molecule has 0 aliphatic heterocycles. The molecule has 2 N–H and O–H groups in total. The van der Waals surface area contributed by atoms with Crippen LogP contribution in [0.3, 0.4) is 0 Å². The normalized spacial score (nSPS) is 12.3. The van der Waals surface area contributed by atoms with Crippen LogP contribution >= 0.6 is 11.3 Å². The molecule has 124 valence electrons. The fraction of sp³-hybridized carbons (Fsp3) is 0.235. The van der Waals surface area contributed by atoms with Crippen LogP contribution in [0.25, 0.3) is 16.2 Å². The van der Waals surface area contributed by atoms with Gasteiger partial charge in [0.25, 0.3) is 11.5 Å². The van der Waals surface area contributed by atoms with Gasteiger partial charge in [0.1, 0.15) is 5.56 Å².